The first-order chi connectivity index (χ1) is 32.7. The average molecular weight is 839 g/mol. The maximum absolute atomic E-state index is 11.2. The first-order valence-corrected chi connectivity index (χ1v) is 22.1. The zero-order valence-electron chi connectivity index (χ0n) is 35.3. The van der Waals surface area contributed by atoms with Crippen LogP contribution in [0, 0.1) is 22.7 Å². The van der Waals surface area contributed by atoms with Crippen LogP contribution in [0.1, 0.15) is 11.1 Å². The van der Waals surface area contributed by atoms with Crippen molar-refractivity contribution in [1.82, 2.24) is 18.3 Å². The fourth-order valence-corrected chi connectivity index (χ4v) is 11.1. The van der Waals surface area contributed by atoms with Crippen molar-refractivity contribution in [2.75, 3.05) is 0 Å². The largest absolute Gasteiger partial charge is 0.309 e. The topological polar surface area (TPSA) is 67.3 Å². The molecule has 0 aliphatic carbocycles. The van der Waals surface area contributed by atoms with Crippen LogP contribution in [0.3, 0.4) is 0 Å². The lowest BCUT2D eigenvalue weighted by Crippen LogP contribution is -2.06. The van der Waals surface area contributed by atoms with Crippen LogP contribution in [-0.4, -0.2) is 18.3 Å². The van der Waals surface area contributed by atoms with Crippen molar-refractivity contribution < 1.29 is 0 Å². The van der Waals surface area contributed by atoms with Crippen LogP contribution >= 0.6 is 0 Å². The SMILES string of the molecule is N#Cc1cc(-n2c3cc(-n4c5ccccc5c5ccccc54)c(-n4c5ccccc5c5ccccc54)cc3c3c4ccccc4ccc32)cc(C#N)c1-n1c2ccccc2c2ccccc21. The van der Waals surface area contributed by atoms with Crippen molar-refractivity contribution in [2.24, 2.45) is 0 Å². The minimum Gasteiger partial charge on any atom is -0.309 e. The fourth-order valence-electron chi connectivity index (χ4n) is 11.1. The lowest BCUT2D eigenvalue weighted by molar-refractivity contribution is 1.09. The minimum atomic E-state index is 0.413. The highest BCUT2D eigenvalue weighted by Crippen LogP contribution is 2.45. The standard InChI is InChI=1S/C60H34N6/c61-35-38-31-40(32-39(36-62)60(38)66-53-27-13-7-21-46(53)47-22-8-14-28-54(47)66)63-55-30-29-37-15-1-2-16-41(37)59(55)48-33-57(64-49-23-9-3-17-42(49)43-18-4-10-24-50(43)64)58(34-56(48)63)65-51-25-11-5-19-44(51)45-20-6-12-26-52(45)65/h1-34H. The summed E-state index contributed by atoms with van der Waals surface area (Å²) in [7, 11) is 0. The van der Waals surface area contributed by atoms with E-state index in [1.165, 1.54) is 21.5 Å². The number of aromatic nitrogens is 4. The molecule has 0 spiro atoms. The molecule has 66 heavy (non-hydrogen) atoms. The molecule has 10 aromatic carbocycles. The second kappa shape index (κ2) is 13.6. The van der Waals surface area contributed by atoms with Crippen LogP contribution in [-0.2, 0) is 0 Å². The molecule has 0 radical (unpaired) electrons. The van der Waals surface area contributed by atoms with Crippen molar-refractivity contribution >= 4 is 98.0 Å². The van der Waals surface area contributed by atoms with Crippen LogP contribution < -0.4 is 0 Å². The van der Waals surface area contributed by atoms with Gasteiger partial charge in [-0.3, -0.25) is 0 Å². The molecule has 6 nitrogen and oxygen atoms in total. The third kappa shape index (κ3) is 4.82. The molecule has 0 bridgehead atoms. The van der Waals surface area contributed by atoms with Gasteiger partial charge in [-0.05, 0) is 77.5 Å². The number of hydrogen-bond acceptors (Lipinski definition) is 2. The normalized spacial score (nSPS) is 11.9. The van der Waals surface area contributed by atoms with Gasteiger partial charge in [-0.15, -0.1) is 0 Å². The smallest absolute Gasteiger partial charge is 0.101 e. The molecule has 0 fully saturated rings. The molecule has 304 valence electrons. The Bertz CT molecular complexity index is 4300. The lowest BCUT2D eigenvalue weighted by atomic mass is 10.0. The van der Waals surface area contributed by atoms with Gasteiger partial charge in [0.25, 0.3) is 0 Å². The Balaban J connectivity index is 1.16. The van der Waals surface area contributed by atoms with E-state index in [0.717, 1.165) is 93.5 Å². The van der Waals surface area contributed by atoms with Crippen molar-refractivity contribution in [3.8, 4) is 34.9 Å². The zero-order chi connectivity index (χ0) is 43.6. The number of nitriles is 2. The monoisotopic (exact) mass is 838 g/mol. The van der Waals surface area contributed by atoms with Gasteiger partial charge in [0.05, 0.1) is 72.3 Å². The van der Waals surface area contributed by atoms with E-state index in [-0.39, 0.29) is 0 Å². The molecule has 14 aromatic rings. The Kier molecular flexibility index (Phi) is 7.43. The van der Waals surface area contributed by atoms with Crippen molar-refractivity contribution in [3.63, 3.8) is 0 Å². The third-order valence-electron chi connectivity index (χ3n) is 13.8. The highest BCUT2D eigenvalue weighted by atomic mass is 15.1. The minimum absolute atomic E-state index is 0.413. The van der Waals surface area contributed by atoms with E-state index in [0.29, 0.717) is 16.8 Å². The van der Waals surface area contributed by atoms with E-state index in [1.54, 1.807) is 0 Å². The summed E-state index contributed by atoms with van der Waals surface area (Å²) in [4.78, 5) is 0. The molecule has 0 aliphatic rings. The molecule has 4 aromatic heterocycles. The average Bonchev–Trinajstić information content (AvgIpc) is 4.10. The van der Waals surface area contributed by atoms with E-state index in [9.17, 15) is 10.5 Å². The molecule has 0 unspecified atom stereocenters. The first kappa shape index (κ1) is 36.2. The summed E-state index contributed by atoms with van der Waals surface area (Å²) in [5, 5.41) is 33.6. The molecule has 0 aliphatic heterocycles. The number of rotatable bonds is 4. The summed E-state index contributed by atoms with van der Waals surface area (Å²) < 4.78 is 9.19. The highest BCUT2D eigenvalue weighted by molar-refractivity contribution is 6.23. The molecular formula is C60H34N6. The van der Waals surface area contributed by atoms with Crippen LogP contribution in [0.15, 0.2) is 206 Å². The van der Waals surface area contributed by atoms with Gasteiger partial charge in [0, 0.05) is 48.8 Å². The number of nitrogens with zero attached hydrogens (tertiary/aromatic N) is 6. The van der Waals surface area contributed by atoms with E-state index in [2.05, 4.69) is 200 Å². The predicted octanol–water partition coefficient (Wildman–Crippen LogP) is 15.0. The molecule has 14 rings (SSSR count). The number of hydrogen-bond donors (Lipinski definition) is 0. The Morgan fingerprint density at radius 3 is 1.11 bits per heavy atom. The van der Waals surface area contributed by atoms with E-state index in [4.69, 9.17) is 0 Å². The number of fused-ring (bicyclic) bond motifs is 14. The lowest BCUT2D eigenvalue weighted by Gasteiger charge is -2.19. The molecule has 6 heteroatoms. The van der Waals surface area contributed by atoms with Gasteiger partial charge in [-0.2, -0.15) is 10.5 Å². The molecule has 0 saturated heterocycles. The predicted molar refractivity (Wildman–Crippen MR) is 271 cm³/mol. The van der Waals surface area contributed by atoms with Crippen LogP contribution in [0.25, 0.3) is 121 Å². The van der Waals surface area contributed by atoms with Crippen LogP contribution in [0.5, 0.6) is 0 Å². The van der Waals surface area contributed by atoms with Gasteiger partial charge in [0.2, 0.25) is 0 Å². The second-order valence-corrected chi connectivity index (χ2v) is 17.1. The maximum atomic E-state index is 11.2. The van der Waals surface area contributed by atoms with Gasteiger partial charge in [-0.1, -0.05) is 140 Å². The third-order valence-corrected chi connectivity index (χ3v) is 13.8. The van der Waals surface area contributed by atoms with E-state index < -0.39 is 0 Å². The van der Waals surface area contributed by atoms with Gasteiger partial charge in [0.15, 0.2) is 0 Å². The number of para-hydroxylation sites is 6. The first-order valence-electron chi connectivity index (χ1n) is 22.1. The Hall–Kier alpha value is -9.36. The summed E-state index contributed by atoms with van der Waals surface area (Å²) >= 11 is 0. The van der Waals surface area contributed by atoms with Gasteiger partial charge >= 0.3 is 0 Å². The molecular weight excluding hydrogens is 805 g/mol. The Morgan fingerprint density at radius 1 is 0.288 bits per heavy atom. The molecule has 0 N–H and O–H groups in total. The quantitative estimate of drug-likeness (QED) is 0.177. The second-order valence-electron chi connectivity index (χ2n) is 17.1. The fraction of sp³-hybridized carbons (Fsp3) is 0. The van der Waals surface area contributed by atoms with Crippen molar-refractivity contribution in [3.05, 3.63) is 217 Å². The summed E-state index contributed by atoms with van der Waals surface area (Å²) in [5.41, 5.74) is 12.4. The highest BCUT2D eigenvalue weighted by Gasteiger charge is 2.26. The Morgan fingerprint density at radius 2 is 0.667 bits per heavy atom. The van der Waals surface area contributed by atoms with Gasteiger partial charge < -0.3 is 18.3 Å². The summed E-state index contributed by atoms with van der Waals surface area (Å²) in [6.07, 6.45) is 0. The van der Waals surface area contributed by atoms with Gasteiger partial charge in [-0.25, -0.2) is 0 Å². The van der Waals surface area contributed by atoms with Crippen LogP contribution in [0.2, 0.25) is 0 Å². The van der Waals surface area contributed by atoms with Crippen molar-refractivity contribution in [2.45, 2.75) is 0 Å². The van der Waals surface area contributed by atoms with Crippen LogP contribution in [0.4, 0.5) is 0 Å². The summed E-state index contributed by atoms with van der Waals surface area (Å²) in [5.74, 6) is 0. The molecule has 0 saturated carbocycles. The van der Waals surface area contributed by atoms with Gasteiger partial charge in [0.1, 0.15) is 12.1 Å². The summed E-state index contributed by atoms with van der Waals surface area (Å²) in [6.45, 7) is 0. The molecule has 4 heterocycles. The molecule has 0 amide bonds. The maximum Gasteiger partial charge on any atom is 0.101 e. The van der Waals surface area contributed by atoms with Crippen molar-refractivity contribution in [1.29, 1.82) is 10.5 Å². The Labute approximate surface area is 377 Å². The zero-order valence-corrected chi connectivity index (χ0v) is 35.3. The summed E-state index contributed by atoms with van der Waals surface area (Å²) in [6, 6.07) is 77.8. The van der Waals surface area contributed by atoms with E-state index in [1.807, 2.05) is 36.4 Å². The van der Waals surface area contributed by atoms with E-state index >= 15 is 0 Å². The number of benzene rings is 10. The molecule has 0 atom stereocenters.